The van der Waals surface area contributed by atoms with Gasteiger partial charge in [-0.25, -0.2) is 8.42 Å². The highest BCUT2D eigenvalue weighted by Gasteiger charge is 2.23. The van der Waals surface area contributed by atoms with E-state index in [0.717, 1.165) is 11.7 Å². The maximum Gasteiger partial charge on any atom is 0.265 e. The first-order chi connectivity index (χ1) is 6.91. The molecule has 1 aromatic heterocycles. The van der Waals surface area contributed by atoms with Gasteiger partial charge in [-0.15, -0.1) is 0 Å². The van der Waals surface area contributed by atoms with Crippen molar-refractivity contribution in [3.63, 3.8) is 0 Å². The summed E-state index contributed by atoms with van der Waals surface area (Å²) in [7, 11) is 1.27. The molecule has 0 radical (unpaired) electrons. The number of benzene rings is 1. The minimum atomic E-state index is -3.96. The Morgan fingerprint density at radius 1 is 1.13 bits per heavy atom. The first-order valence-corrected chi connectivity index (χ1v) is 7.26. The van der Waals surface area contributed by atoms with Crippen molar-refractivity contribution >= 4 is 65.7 Å². The smallest absolute Gasteiger partial charge is 0.207 e. The van der Waals surface area contributed by atoms with Crippen LogP contribution in [0, 0.1) is 0 Å². The Morgan fingerprint density at radius 2 is 1.73 bits per heavy atom. The second kappa shape index (κ2) is 3.71. The molecule has 0 saturated heterocycles. The number of aromatic nitrogens is 2. The quantitative estimate of drug-likeness (QED) is 0.760. The van der Waals surface area contributed by atoms with E-state index in [1.165, 1.54) is 6.07 Å². The van der Waals surface area contributed by atoms with Gasteiger partial charge in [0.15, 0.2) is 0 Å². The van der Waals surface area contributed by atoms with Crippen molar-refractivity contribution in [2.24, 2.45) is 0 Å². The number of rotatable bonds is 1. The molecule has 1 heterocycles. The second-order valence-corrected chi connectivity index (χ2v) is 6.41. The van der Waals surface area contributed by atoms with E-state index in [4.69, 9.17) is 33.9 Å². The molecule has 9 heteroatoms. The predicted octanol–water partition coefficient (Wildman–Crippen LogP) is 2.93. The minimum Gasteiger partial charge on any atom is -0.207 e. The van der Waals surface area contributed by atoms with E-state index >= 15 is 0 Å². The molecule has 0 bridgehead atoms. The van der Waals surface area contributed by atoms with Crippen LogP contribution in [0.3, 0.4) is 0 Å². The van der Waals surface area contributed by atoms with Crippen LogP contribution >= 0.6 is 45.6 Å². The van der Waals surface area contributed by atoms with Gasteiger partial charge in [0.25, 0.3) is 9.05 Å². The monoisotopic (exact) mass is 302 g/mol. The molecule has 0 atom stereocenters. The molecule has 2 rings (SSSR count). The number of hydrogen-bond donors (Lipinski definition) is 0. The van der Waals surface area contributed by atoms with Crippen LogP contribution in [-0.2, 0) is 9.05 Å². The summed E-state index contributed by atoms with van der Waals surface area (Å²) in [5, 5.41) is 0.183. The third-order valence-electron chi connectivity index (χ3n) is 1.64. The van der Waals surface area contributed by atoms with Crippen LogP contribution in [0.2, 0.25) is 10.0 Å². The van der Waals surface area contributed by atoms with Crippen molar-refractivity contribution in [3.8, 4) is 0 Å². The fraction of sp³-hybridized carbons (Fsp3) is 0. The Balaban J connectivity index is 3.02. The van der Waals surface area contributed by atoms with Crippen LogP contribution in [0.25, 0.3) is 11.0 Å². The van der Waals surface area contributed by atoms with Crippen LogP contribution in [-0.4, -0.2) is 17.2 Å². The van der Waals surface area contributed by atoms with E-state index in [-0.39, 0.29) is 26.0 Å². The van der Waals surface area contributed by atoms with Crippen LogP contribution in [0.4, 0.5) is 0 Å². The lowest BCUT2D eigenvalue weighted by Crippen LogP contribution is -1.94. The zero-order valence-corrected chi connectivity index (χ0v) is 10.6. The van der Waals surface area contributed by atoms with Gasteiger partial charge in [-0.2, -0.15) is 8.75 Å². The number of fused-ring (bicyclic) bond motifs is 1. The van der Waals surface area contributed by atoms with Crippen molar-refractivity contribution < 1.29 is 8.42 Å². The van der Waals surface area contributed by atoms with Crippen LogP contribution < -0.4 is 0 Å². The van der Waals surface area contributed by atoms with E-state index < -0.39 is 9.05 Å². The first-order valence-electron chi connectivity index (χ1n) is 3.46. The summed E-state index contributed by atoms with van der Waals surface area (Å²) >= 11 is 12.4. The van der Waals surface area contributed by atoms with Gasteiger partial charge in [-0.3, -0.25) is 0 Å². The summed E-state index contributed by atoms with van der Waals surface area (Å²) in [5.41, 5.74) is 0.387. The number of halogens is 3. The molecule has 0 spiro atoms. The summed E-state index contributed by atoms with van der Waals surface area (Å²) in [5.74, 6) is 0. The van der Waals surface area contributed by atoms with Crippen molar-refractivity contribution in [2.75, 3.05) is 0 Å². The van der Waals surface area contributed by atoms with Crippen LogP contribution in [0.5, 0.6) is 0 Å². The molecule has 0 N–H and O–H groups in total. The molecule has 0 aliphatic rings. The molecular weight excluding hydrogens is 303 g/mol. The number of hydrogen-bond acceptors (Lipinski definition) is 5. The topological polar surface area (TPSA) is 59.9 Å². The molecule has 0 aliphatic heterocycles. The Morgan fingerprint density at radius 3 is 2.33 bits per heavy atom. The molecular formula is C6HCl3N2O2S2. The van der Waals surface area contributed by atoms with E-state index in [1.54, 1.807) is 0 Å². The largest absolute Gasteiger partial charge is 0.265 e. The maximum atomic E-state index is 11.3. The van der Waals surface area contributed by atoms with Gasteiger partial charge >= 0.3 is 0 Å². The fourth-order valence-corrected chi connectivity index (χ4v) is 3.81. The highest BCUT2D eigenvalue weighted by atomic mass is 35.7. The third kappa shape index (κ3) is 1.92. The van der Waals surface area contributed by atoms with Gasteiger partial charge in [0, 0.05) is 10.7 Å². The lowest BCUT2D eigenvalue weighted by atomic mass is 10.3. The summed E-state index contributed by atoms with van der Waals surface area (Å²) in [6.07, 6.45) is 0. The molecule has 1 aromatic carbocycles. The van der Waals surface area contributed by atoms with Crippen molar-refractivity contribution in [1.82, 2.24) is 8.75 Å². The van der Waals surface area contributed by atoms with Gasteiger partial charge in [-0.05, 0) is 6.07 Å². The SMILES string of the molecule is O=S(=O)(Cl)c1c(Cl)cc(Cl)c2nsnc12. The van der Waals surface area contributed by atoms with Crippen LogP contribution in [0.1, 0.15) is 0 Å². The van der Waals surface area contributed by atoms with Gasteiger partial charge in [0.2, 0.25) is 0 Å². The van der Waals surface area contributed by atoms with Gasteiger partial charge in [0.1, 0.15) is 15.9 Å². The zero-order chi connectivity index (χ0) is 11.2. The molecule has 0 saturated carbocycles. The van der Waals surface area contributed by atoms with E-state index in [9.17, 15) is 8.42 Å². The zero-order valence-electron chi connectivity index (χ0n) is 6.74. The summed E-state index contributed by atoms with van der Waals surface area (Å²) in [6.45, 7) is 0. The lowest BCUT2D eigenvalue weighted by molar-refractivity contribution is 0.610. The highest BCUT2D eigenvalue weighted by Crippen LogP contribution is 2.35. The Hall–Kier alpha value is -0.140. The lowest BCUT2D eigenvalue weighted by Gasteiger charge is -2.01. The molecule has 0 fully saturated rings. The highest BCUT2D eigenvalue weighted by molar-refractivity contribution is 8.14. The fourth-order valence-electron chi connectivity index (χ4n) is 1.08. The average molecular weight is 304 g/mol. The minimum absolute atomic E-state index is 0.0600. The van der Waals surface area contributed by atoms with E-state index in [0.29, 0.717) is 0 Å². The molecule has 80 valence electrons. The normalized spacial score (nSPS) is 12.2. The van der Waals surface area contributed by atoms with Gasteiger partial charge in [-0.1, -0.05) is 23.2 Å². The molecule has 0 amide bonds. The van der Waals surface area contributed by atoms with Gasteiger partial charge < -0.3 is 0 Å². The number of nitrogens with zero attached hydrogens (tertiary/aromatic N) is 2. The Kier molecular flexibility index (Phi) is 2.81. The van der Waals surface area contributed by atoms with E-state index in [2.05, 4.69) is 8.75 Å². The molecule has 15 heavy (non-hydrogen) atoms. The molecule has 0 aliphatic carbocycles. The Bertz CT molecular complexity index is 637. The predicted molar refractivity (Wildman–Crippen MR) is 60.5 cm³/mol. The average Bonchev–Trinajstić information content (AvgIpc) is 2.49. The standard InChI is InChI=1S/C6HCl3N2O2S2/c7-2-1-3(8)6(15(9,12)13)5-4(2)10-14-11-5/h1H. The van der Waals surface area contributed by atoms with E-state index in [1.807, 2.05) is 0 Å². The second-order valence-electron chi connectivity index (χ2n) is 2.57. The molecule has 4 nitrogen and oxygen atoms in total. The van der Waals surface area contributed by atoms with Gasteiger partial charge in [0.05, 0.1) is 21.8 Å². The summed E-state index contributed by atoms with van der Waals surface area (Å²) < 4.78 is 30.2. The molecule has 0 unspecified atom stereocenters. The Labute approximate surface area is 104 Å². The van der Waals surface area contributed by atoms with Crippen molar-refractivity contribution in [1.29, 1.82) is 0 Å². The summed E-state index contributed by atoms with van der Waals surface area (Å²) in [4.78, 5) is -0.251. The third-order valence-corrected chi connectivity index (χ3v) is 4.23. The van der Waals surface area contributed by atoms with Crippen molar-refractivity contribution in [2.45, 2.75) is 4.90 Å². The molecule has 2 aromatic rings. The first kappa shape index (κ1) is 11.3. The maximum absolute atomic E-state index is 11.3. The summed E-state index contributed by atoms with van der Waals surface area (Å²) in [6, 6.07) is 1.28. The van der Waals surface area contributed by atoms with Crippen LogP contribution in [0.15, 0.2) is 11.0 Å². The van der Waals surface area contributed by atoms with Crippen molar-refractivity contribution in [3.05, 3.63) is 16.1 Å².